The summed E-state index contributed by atoms with van der Waals surface area (Å²) in [5.74, 6) is 7.04. The number of aliphatic hydroxyl groups is 1. The van der Waals surface area contributed by atoms with Gasteiger partial charge in [0.15, 0.2) is 11.5 Å². The molecule has 0 aromatic heterocycles. The van der Waals surface area contributed by atoms with Gasteiger partial charge in [-0.25, -0.2) is 0 Å². The average Bonchev–Trinajstić information content (AvgIpc) is 3.64. The monoisotopic (exact) mass is 512 g/mol. The third-order valence-corrected chi connectivity index (χ3v) is 10.4. The van der Waals surface area contributed by atoms with E-state index in [4.69, 9.17) is 4.74 Å². The SMILES string of the molecule is Cc1ccc(C#CC(=O)N(C)[C@H]2CC[C@@H]3Oc4c(O)ccc5c4[C@@]34CCN(CC3CC3)[C@@H](C5)[C@]24O)cc1C. The second-order valence-electron chi connectivity index (χ2n) is 12.3. The first-order valence-electron chi connectivity index (χ1n) is 14.1. The molecule has 7 rings (SSSR count). The maximum Gasteiger partial charge on any atom is 0.298 e. The summed E-state index contributed by atoms with van der Waals surface area (Å²) in [6.07, 6.45) is 5.10. The second kappa shape index (κ2) is 8.24. The predicted octanol–water partition coefficient (Wildman–Crippen LogP) is 3.45. The number of rotatable bonds is 3. The normalized spacial score (nSPS) is 32.6. The lowest BCUT2D eigenvalue weighted by Gasteiger charge is -2.66. The Labute approximate surface area is 224 Å². The van der Waals surface area contributed by atoms with E-state index in [-0.39, 0.29) is 23.8 Å². The quantitative estimate of drug-likeness (QED) is 0.617. The number of hydrogen-bond donors (Lipinski definition) is 2. The first kappa shape index (κ1) is 24.1. The number of aromatic hydroxyl groups is 1. The van der Waals surface area contributed by atoms with Gasteiger partial charge in [0.25, 0.3) is 5.91 Å². The number of likely N-dealkylation sites (N-methyl/N-ethyl adjacent to an activating group) is 1. The number of hydrogen-bond acceptors (Lipinski definition) is 5. The van der Waals surface area contributed by atoms with Gasteiger partial charge in [0, 0.05) is 36.7 Å². The molecule has 6 heteroatoms. The number of nitrogens with zero attached hydrogens (tertiary/aromatic N) is 2. The molecule has 2 heterocycles. The number of piperidine rings is 1. The molecular weight excluding hydrogens is 476 g/mol. The number of carbonyl (C=O) groups is 1. The van der Waals surface area contributed by atoms with E-state index in [0.717, 1.165) is 42.6 Å². The fourth-order valence-electron chi connectivity index (χ4n) is 8.15. The number of benzene rings is 2. The minimum absolute atomic E-state index is 0.112. The van der Waals surface area contributed by atoms with E-state index in [1.807, 2.05) is 31.2 Å². The summed E-state index contributed by atoms with van der Waals surface area (Å²) in [6.45, 7) is 6.00. The van der Waals surface area contributed by atoms with E-state index in [1.165, 1.54) is 24.0 Å². The molecule has 1 spiro atoms. The standard InChI is InChI=1S/C32H36N2O4/c1-19-4-5-21(16-20(19)2)8-13-28(36)33(3)25-11-12-27-31-14-15-34(18-22-6-7-22)26(32(25,31)37)17-23-9-10-24(35)30(38-27)29(23)31/h4-5,9-10,16,22,25-27,35,37H,6-7,11-12,14-15,17-18H2,1-3H3/t25-,26-,27-,31+,32+/m0/s1. The second-order valence-corrected chi connectivity index (χ2v) is 12.3. The third kappa shape index (κ3) is 3.18. The van der Waals surface area contributed by atoms with Gasteiger partial charge in [0.1, 0.15) is 11.7 Å². The highest BCUT2D eigenvalue weighted by molar-refractivity contribution is 5.94. The Kier molecular flexibility index (Phi) is 5.22. The zero-order chi connectivity index (χ0) is 26.4. The van der Waals surface area contributed by atoms with Crippen LogP contribution in [0.4, 0.5) is 0 Å². The van der Waals surface area contributed by atoms with Crippen molar-refractivity contribution in [3.05, 3.63) is 58.1 Å². The molecule has 2 N–H and O–H groups in total. The topological polar surface area (TPSA) is 73.2 Å². The fraction of sp³-hybridized carbons (Fsp3) is 0.531. The number of phenolic OH excluding ortho intramolecular Hbond substituents is 1. The molecule has 0 radical (unpaired) electrons. The number of likely N-dealkylation sites (tertiary alicyclic amines) is 1. The molecule has 198 valence electrons. The molecule has 2 aromatic rings. The Balaban J connectivity index is 1.29. The van der Waals surface area contributed by atoms with E-state index in [2.05, 4.69) is 23.7 Å². The van der Waals surface area contributed by atoms with Gasteiger partial charge in [-0.2, -0.15) is 0 Å². The van der Waals surface area contributed by atoms with E-state index in [0.29, 0.717) is 24.5 Å². The van der Waals surface area contributed by atoms with Crippen LogP contribution in [0.3, 0.4) is 0 Å². The molecule has 2 aliphatic heterocycles. The van der Waals surface area contributed by atoms with Crippen molar-refractivity contribution >= 4 is 5.91 Å². The molecule has 6 nitrogen and oxygen atoms in total. The Morgan fingerprint density at radius 1 is 1.16 bits per heavy atom. The van der Waals surface area contributed by atoms with Crippen molar-refractivity contribution in [3.63, 3.8) is 0 Å². The van der Waals surface area contributed by atoms with Crippen molar-refractivity contribution in [1.29, 1.82) is 0 Å². The number of phenols is 1. The first-order valence-corrected chi connectivity index (χ1v) is 14.1. The Hall–Kier alpha value is -3.01. The highest BCUT2D eigenvalue weighted by Gasteiger charge is 2.74. The van der Waals surface area contributed by atoms with Crippen molar-refractivity contribution in [2.45, 2.75) is 81.6 Å². The van der Waals surface area contributed by atoms with Crippen LogP contribution in [-0.4, -0.2) is 69.8 Å². The van der Waals surface area contributed by atoms with Crippen molar-refractivity contribution in [1.82, 2.24) is 9.80 Å². The van der Waals surface area contributed by atoms with Crippen LogP contribution in [0.15, 0.2) is 30.3 Å². The summed E-state index contributed by atoms with van der Waals surface area (Å²) >= 11 is 0. The number of ether oxygens (including phenoxy) is 1. The number of carbonyl (C=O) groups excluding carboxylic acids is 1. The number of amides is 1. The molecule has 1 amide bonds. The largest absolute Gasteiger partial charge is 0.504 e. The van der Waals surface area contributed by atoms with Crippen LogP contribution >= 0.6 is 0 Å². The molecule has 3 aliphatic carbocycles. The fourth-order valence-corrected chi connectivity index (χ4v) is 8.15. The minimum Gasteiger partial charge on any atom is -0.504 e. The highest BCUT2D eigenvalue weighted by atomic mass is 16.5. The Morgan fingerprint density at radius 3 is 2.74 bits per heavy atom. The summed E-state index contributed by atoms with van der Waals surface area (Å²) in [7, 11) is 1.80. The van der Waals surface area contributed by atoms with Crippen LogP contribution < -0.4 is 4.74 Å². The summed E-state index contributed by atoms with van der Waals surface area (Å²) in [6, 6.07) is 9.23. The molecule has 5 aliphatic rings. The summed E-state index contributed by atoms with van der Waals surface area (Å²) in [5, 5.41) is 23.8. The molecule has 2 aromatic carbocycles. The summed E-state index contributed by atoms with van der Waals surface area (Å²) in [4.78, 5) is 17.7. The number of aryl methyl sites for hydroxylation is 2. The summed E-state index contributed by atoms with van der Waals surface area (Å²) in [5.41, 5.74) is 3.48. The zero-order valence-electron chi connectivity index (χ0n) is 22.5. The van der Waals surface area contributed by atoms with Crippen LogP contribution in [-0.2, 0) is 16.6 Å². The lowest BCUT2D eigenvalue weighted by molar-refractivity contribution is -0.217. The highest BCUT2D eigenvalue weighted by Crippen LogP contribution is 2.66. The molecule has 5 atom stereocenters. The molecule has 1 saturated heterocycles. The lowest BCUT2D eigenvalue weighted by Crippen LogP contribution is -2.81. The molecule has 0 unspecified atom stereocenters. The molecule has 2 saturated carbocycles. The molecule has 38 heavy (non-hydrogen) atoms. The van der Waals surface area contributed by atoms with E-state index in [9.17, 15) is 15.0 Å². The molecule has 3 fully saturated rings. The van der Waals surface area contributed by atoms with Crippen molar-refractivity contribution < 1.29 is 19.7 Å². The van der Waals surface area contributed by atoms with Crippen LogP contribution in [0.5, 0.6) is 11.5 Å². The minimum atomic E-state index is -1.19. The van der Waals surface area contributed by atoms with Crippen molar-refractivity contribution in [2.75, 3.05) is 20.1 Å². The average molecular weight is 513 g/mol. The third-order valence-electron chi connectivity index (χ3n) is 10.4. The summed E-state index contributed by atoms with van der Waals surface area (Å²) < 4.78 is 6.46. The van der Waals surface area contributed by atoms with Crippen LogP contribution in [0.2, 0.25) is 0 Å². The molecular formula is C32H36N2O4. The zero-order valence-corrected chi connectivity index (χ0v) is 22.5. The maximum atomic E-state index is 13.5. The smallest absolute Gasteiger partial charge is 0.298 e. The van der Waals surface area contributed by atoms with Crippen LogP contribution in [0.1, 0.15) is 59.9 Å². The van der Waals surface area contributed by atoms with E-state index < -0.39 is 17.1 Å². The maximum absolute atomic E-state index is 13.5. The lowest BCUT2D eigenvalue weighted by atomic mass is 9.47. The molecule has 2 bridgehead atoms. The van der Waals surface area contributed by atoms with Gasteiger partial charge in [-0.05, 0) is 99.7 Å². The first-order chi connectivity index (χ1) is 18.2. The van der Waals surface area contributed by atoms with Gasteiger partial charge >= 0.3 is 0 Å². The van der Waals surface area contributed by atoms with E-state index in [1.54, 1.807) is 18.0 Å². The van der Waals surface area contributed by atoms with Gasteiger partial charge in [0.05, 0.1) is 11.5 Å². The predicted molar refractivity (Wildman–Crippen MR) is 144 cm³/mol. The van der Waals surface area contributed by atoms with Crippen molar-refractivity contribution in [2.24, 2.45) is 5.92 Å². The van der Waals surface area contributed by atoms with Crippen molar-refractivity contribution in [3.8, 4) is 23.3 Å². The van der Waals surface area contributed by atoms with Crippen LogP contribution in [0.25, 0.3) is 0 Å². The van der Waals surface area contributed by atoms with Gasteiger partial charge in [0.2, 0.25) is 0 Å². The van der Waals surface area contributed by atoms with Gasteiger partial charge in [-0.1, -0.05) is 18.1 Å². The van der Waals surface area contributed by atoms with Gasteiger partial charge in [-0.15, -0.1) is 0 Å². The van der Waals surface area contributed by atoms with Gasteiger partial charge < -0.3 is 19.8 Å². The Bertz CT molecular complexity index is 1400. The van der Waals surface area contributed by atoms with Crippen LogP contribution in [0, 0.1) is 31.6 Å². The Morgan fingerprint density at radius 2 is 1.97 bits per heavy atom. The van der Waals surface area contributed by atoms with E-state index >= 15 is 0 Å². The van der Waals surface area contributed by atoms with Gasteiger partial charge in [-0.3, -0.25) is 9.69 Å².